The van der Waals surface area contributed by atoms with E-state index in [9.17, 15) is 0 Å². The zero-order chi connectivity index (χ0) is 9.26. The number of aliphatic imine (C=N–C) groups is 1. The molecule has 0 aromatic heterocycles. The fourth-order valence-electron chi connectivity index (χ4n) is 0.977. The maximum Gasteiger partial charge on any atom is 0.132 e. The van der Waals surface area contributed by atoms with E-state index in [1.54, 1.807) is 23.5 Å². The Morgan fingerprint density at radius 1 is 1.38 bits per heavy atom. The molecule has 68 valence electrons. The van der Waals surface area contributed by atoms with E-state index in [-0.39, 0.29) is 0 Å². The van der Waals surface area contributed by atoms with Crippen molar-refractivity contribution in [2.45, 2.75) is 6.92 Å². The van der Waals surface area contributed by atoms with Crippen LogP contribution in [0.5, 0.6) is 0 Å². The number of aryl methyl sites for hydroxylation is 1. The number of hydrogen-bond donors (Lipinski definition) is 0. The second-order valence-electron chi connectivity index (χ2n) is 2.74. The molecular weight excluding hydrogens is 222 g/mol. The van der Waals surface area contributed by atoms with E-state index in [1.165, 1.54) is 5.56 Å². The van der Waals surface area contributed by atoms with Gasteiger partial charge < -0.3 is 0 Å². The van der Waals surface area contributed by atoms with Crippen molar-refractivity contribution in [3.05, 3.63) is 28.8 Å². The van der Waals surface area contributed by atoms with Gasteiger partial charge in [0.2, 0.25) is 0 Å². The highest BCUT2D eigenvalue weighted by molar-refractivity contribution is 8.52. The fraction of sp³-hybridized carbons (Fsp3) is 0.222. The van der Waals surface area contributed by atoms with Crippen LogP contribution in [0.15, 0.2) is 23.2 Å². The molecule has 1 nitrogen and oxygen atoms in total. The minimum Gasteiger partial charge on any atom is -0.233 e. The molecule has 1 heterocycles. The highest BCUT2D eigenvalue weighted by atomic mass is 35.5. The van der Waals surface area contributed by atoms with E-state index in [4.69, 9.17) is 11.6 Å². The lowest BCUT2D eigenvalue weighted by Crippen LogP contribution is -1.96. The molecule has 1 aromatic carbocycles. The molecule has 4 heteroatoms. The van der Waals surface area contributed by atoms with E-state index >= 15 is 0 Å². The molecular formula is C9H8ClNS2. The summed E-state index contributed by atoms with van der Waals surface area (Å²) in [7, 11) is 0. The molecule has 1 fully saturated rings. The van der Waals surface area contributed by atoms with Crippen molar-refractivity contribution in [3.8, 4) is 0 Å². The molecule has 1 aliphatic rings. The summed E-state index contributed by atoms with van der Waals surface area (Å²) in [6.07, 6.45) is 0. The number of nitrogens with zero attached hydrogens (tertiary/aromatic N) is 1. The van der Waals surface area contributed by atoms with Gasteiger partial charge >= 0.3 is 0 Å². The number of hydrogen-bond acceptors (Lipinski definition) is 3. The first-order valence-corrected chi connectivity index (χ1v) is 6.21. The Balaban J connectivity index is 2.29. The summed E-state index contributed by atoms with van der Waals surface area (Å²) in [5, 5.41) is 1.85. The van der Waals surface area contributed by atoms with Gasteiger partial charge in [0.1, 0.15) is 4.38 Å². The van der Waals surface area contributed by atoms with E-state index in [0.717, 1.165) is 20.2 Å². The van der Waals surface area contributed by atoms with Crippen LogP contribution in [0.4, 0.5) is 5.69 Å². The third kappa shape index (κ3) is 2.22. The second kappa shape index (κ2) is 3.95. The highest BCUT2D eigenvalue weighted by Crippen LogP contribution is 2.36. The monoisotopic (exact) mass is 229 g/mol. The first-order valence-electron chi connectivity index (χ1n) is 3.86. The third-order valence-electron chi connectivity index (χ3n) is 1.68. The largest absolute Gasteiger partial charge is 0.233 e. The third-order valence-corrected chi connectivity index (χ3v) is 4.31. The van der Waals surface area contributed by atoms with Crippen LogP contribution in [0.2, 0.25) is 5.02 Å². The van der Waals surface area contributed by atoms with Crippen molar-refractivity contribution >= 4 is 45.2 Å². The van der Waals surface area contributed by atoms with Crippen LogP contribution >= 0.6 is 35.1 Å². The molecule has 0 spiro atoms. The van der Waals surface area contributed by atoms with E-state index in [1.807, 2.05) is 25.1 Å². The lowest BCUT2D eigenvalue weighted by Gasteiger charge is -2.12. The van der Waals surface area contributed by atoms with E-state index < -0.39 is 0 Å². The predicted octanol–water partition coefficient (Wildman–Crippen LogP) is 4.07. The predicted molar refractivity (Wildman–Crippen MR) is 63.3 cm³/mol. The molecule has 0 N–H and O–H groups in total. The molecule has 0 bridgehead atoms. The Morgan fingerprint density at radius 3 is 2.69 bits per heavy atom. The molecule has 1 saturated heterocycles. The first kappa shape index (κ1) is 9.44. The van der Waals surface area contributed by atoms with Crippen molar-refractivity contribution in [2.24, 2.45) is 4.99 Å². The summed E-state index contributed by atoms with van der Waals surface area (Å²) >= 11 is 9.56. The fourth-order valence-corrected chi connectivity index (χ4v) is 2.47. The molecule has 0 atom stereocenters. The van der Waals surface area contributed by atoms with Gasteiger partial charge in [0, 0.05) is 0 Å². The van der Waals surface area contributed by atoms with Gasteiger partial charge in [0.15, 0.2) is 0 Å². The average Bonchev–Trinajstić information content (AvgIpc) is 1.99. The summed E-state index contributed by atoms with van der Waals surface area (Å²) in [5.74, 6) is 0. The second-order valence-corrected chi connectivity index (χ2v) is 5.70. The minimum atomic E-state index is 0.737. The zero-order valence-electron chi connectivity index (χ0n) is 7.08. The topological polar surface area (TPSA) is 12.4 Å². The van der Waals surface area contributed by atoms with Gasteiger partial charge in [-0.25, -0.2) is 4.99 Å². The van der Waals surface area contributed by atoms with Crippen LogP contribution < -0.4 is 0 Å². The standard InChI is InChI=1S/C9H8ClNS2/c1-6-2-3-8(7(10)4-6)11-9-12-5-13-9/h2-4H,5H2,1H3. The van der Waals surface area contributed by atoms with Gasteiger partial charge in [-0.1, -0.05) is 41.2 Å². The summed E-state index contributed by atoms with van der Waals surface area (Å²) in [4.78, 5) is 4.42. The summed E-state index contributed by atoms with van der Waals surface area (Å²) < 4.78 is 1.12. The average molecular weight is 230 g/mol. The Labute approximate surface area is 91.0 Å². The molecule has 13 heavy (non-hydrogen) atoms. The summed E-state index contributed by atoms with van der Waals surface area (Å²) in [6.45, 7) is 2.02. The minimum absolute atomic E-state index is 0.737. The molecule has 0 radical (unpaired) electrons. The van der Waals surface area contributed by atoms with Crippen molar-refractivity contribution < 1.29 is 0 Å². The molecule has 0 saturated carbocycles. The normalized spacial score (nSPS) is 15.4. The Morgan fingerprint density at radius 2 is 2.15 bits per heavy atom. The lowest BCUT2D eigenvalue weighted by molar-refractivity contribution is 1.44. The van der Waals surface area contributed by atoms with Crippen LogP contribution in [0.1, 0.15) is 5.56 Å². The van der Waals surface area contributed by atoms with Crippen LogP contribution in [-0.4, -0.2) is 9.46 Å². The smallest absolute Gasteiger partial charge is 0.132 e. The molecule has 1 aliphatic heterocycles. The number of rotatable bonds is 1. The van der Waals surface area contributed by atoms with Crippen molar-refractivity contribution in [3.63, 3.8) is 0 Å². The van der Waals surface area contributed by atoms with Gasteiger partial charge in [0.25, 0.3) is 0 Å². The van der Waals surface area contributed by atoms with Crippen LogP contribution in [0.3, 0.4) is 0 Å². The van der Waals surface area contributed by atoms with Crippen molar-refractivity contribution in [2.75, 3.05) is 5.08 Å². The van der Waals surface area contributed by atoms with Crippen LogP contribution in [0, 0.1) is 6.92 Å². The zero-order valence-corrected chi connectivity index (χ0v) is 9.47. The van der Waals surface area contributed by atoms with E-state index in [2.05, 4.69) is 4.99 Å². The van der Waals surface area contributed by atoms with Gasteiger partial charge in [-0.3, -0.25) is 0 Å². The summed E-state index contributed by atoms with van der Waals surface area (Å²) in [5.41, 5.74) is 2.05. The van der Waals surface area contributed by atoms with Crippen LogP contribution in [0.25, 0.3) is 0 Å². The maximum atomic E-state index is 6.03. The van der Waals surface area contributed by atoms with Gasteiger partial charge in [-0.15, -0.1) is 0 Å². The number of benzene rings is 1. The van der Waals surface area contributed by atoms with Gasteiger partial charge in [-0.05, 0) is 24.6 Å². The molecule has 0 unspecified atom stereocenters. The molecule has 2 rings (SSSR count). The number of halogens is 1. The SMILES string of the molecule is Cc1ccc(N=C2SCS2)c(Cl)c1. The molecule has 1 aromatic rings. The Kier molecular flexibility index (Phi) is 2.86. The van der Waals surface area contributed by atoms with Crippen molar-refractivity contribution in [1.29, 1.82) is 0 Å². The lowest BCUT2D eigenvalue weighted by atomic mass is 10.2. The Bertz CT molecular complexity index is 357. The quantitative estimate of drug-likeness (QED) is 0.720. The van der Waals surface area contributed by atoms with Crippen LogP contribution in [-0.2, 0) is 0 Å². The number of thioether (sulfide) groups is 2. The highest BCUT2D eigenvalue weighted by Gasteiger charge is 2.12. The van der Waals surface area contributed by atoms with Crippen molar-refractivity contribution in [1.82, 2.24) is 0 Å². The van der Waals surface area contributed by atoms with Gasteiger partial charge in [-0.2, -0.15) is 0 Å². The Hall–Kier alpha value is -0.120. The first-order chi connectivity index (χ1) is 6.25. The maximum absolute atomic E-state index is 6.03. The molecule has 0 amide bonds. The summed E-state index contributed by atoms with van der Waals surface area (Å²) in [6, 6.07) is 5.93. The van der Waals surface area contributed by atoms with Gasteiger partial charge in [0.05, 0.1) is 15.8 Å². The van der Waals surface area contributed by atoms with E-state index in [0.29, 0.717) is 0 Å². The molecule has 0 aliphatic carbocycles.